The fourth-order valence-electron chi connectivity index (χ4n) is 2.58. The number of carboxylic acids is 1. The van der Waals surface area contributed by atoms with Crippen molar-refractivity contribution in [1.82, 2.24) is 4.90 Å². The fourth-order valence-corrected chi connectivity index (χ4v) is 2.58. The van der Waals surface area contributed by atoms with Crippen molar-refractivity contribution in [2.45, 2.75) is 26.4 Å². The van der Waals surface area contributed by atoms with Crippen LogP contribution in [0, 0.1) is 11.8 Å². The Hall–Kier alpha value is -1.84. The first kappa shape index (κ1) is 11.3. The molecule has 1 amide bonds. The van der Waals surface area contributed by atoms with Crippen LogP contribution in [-0.2, 0) is 17.9 Å². The first-order chi connectivity index (χ1) is 8.56. The molecule has 1 aromatic carbocycles. The summed E-state index contributed by atoms with van der Waals surface area (Å²) in [5, 5.41) is 8.94. The molecule has 0 aromatic heterocycles. The van der Waals surface area contributed by atoms with Crippen molar-refractivity contribution in [2.24, 2.45) is 11.8 Å². The Morgan fingerprint density at radius 2 is 1.94 bits per heavy atom. The lowest BCUT2D eigenvalue weighted by Gasteiger charge is -2.14. The third-order valence-corrected chi connectivity index (χ3v) is 3.91. The van der Waals surface area contributed by atoms with Crippen LogP contribution >= 0.6 is 0 Å². The van der Waals surface area contributed by atoms with E-state index >= 15 is 0 Å². The molecule has 2 atom stereocenters. The Kier molecular flexibility index (Phi) is 2.40. The average Bonchev–Trinajstić information content (AvgIpc) is 2.92. The lowest BCUT2D eigenvalue weighted by Crippen LogP contribution is -2.27. The van der Waals surface area contributed by atoms with E-state index in [0.717, 1.165) is 17.5 Å². The van der Waals surface area contributed by atoms with Crippen molar-refractivity contribution in [3.05, 3.63) is 34.9 Å². The van der Waals surface area contributed by atoms with Crippen LogP contribution in [0.25, 0.3) is 0 Å². The summed E-state index contributed by atoms with van der Waals surface area (Å²) in [7, 11) is 0. The van der Waals surface area contributed by atoms with Gasteiger partial charge in [-0.25, -0.2) is 4.79 Å². The van der Waals surface area contributed by atoms with Crippen molar-refractivity contribution in [1.29, 1.82) is 0 Å². The maximum Gasteiger partial charge on any atom is 0.335 e. The molecule has 3 rings (SSSR count). The van der Waals surface area contributed by atoms with Crippen molar-refractivity contribution in [3.63, 3.8) is 0 Å². The topological polar surface area (TPSA) is 57.6 Å². The van der Waals surface area contributed by atoms with Crippen molar-refractivity contribution in [3.8, 4) is 0 Å². The summed E-state index contributed by atoms with van der Waals surface area (Å²) < 4.78 is 0. The number of hydrogen-bond acceptors (Lipinski definition) is 2. The number of aromatic carboxylic acids is 1. The van der Waals surface area contributed by atoms with Gasteiger partial charge >= 0.3 is 5.97 Å². The molecule has 1 heterocycles. The minimum Gasteiger partial charge on any atom is -0.478 e. The van der Waals surface area contributed by atoms with E-state index in [1.807, 2.05) is 11.0 Å². The molecule has 94 valence electrons. The zero-order valence-corrected chi connectivity index (χ0v) is 10.2. The SMILES string of the molecule is CC1CC1C(=O)N1Cc2ccc(C(=O)O)cc2C1. The molecule has 1 aliphatic carbocycles. The van der Waals surface area contributed by atoms with E-state index in [9.17, 15) is 9.59 Å². The second-order valence-electron chi connectivity index (χ2n) is 5.30. The van der Waals surface area contributed by atoms with Crippen molar-refractivity contribution in [2.75, 3.05) is 0 Å². The third kappa shape index (κ3) is 1.78. The summed E-state index contributed by atoms with van der Waals surface area (Å²) in [6.07, 6.45) is 0.992. The van der Waals surface area contributed by atoms with E-state index in [1.54, 1.807) is 12.1 Å². The minimum absolute atomic E-state index is 0.193. The zero-order valence-electron chi connectivity index (χ0n) is 10.2. The van der Waals surface area contributed by atoms with Gasteiger partial charge in [-0.15, -0.1) is 0 Å². The molecule has 1 aliphatic heterocycles. The number of amides is 1. The maximum atomic E-state index is 12.1. The van der Waals surface area contributed by atoms with Crippen molar-refractivity contribution < 1.29 is 14.7 Å². The van der Waals surface area contributed by atoms with E-state index in [2.05, 4.69) is 6.92 Å². The highest BCUT2D eigenvalue weighted by molar-refractivity contribution is 5.88. The predicted molar refractivity (Wildman–Crippen MR) is 64.9 cm³/mol. The van der Waals surface area contributed by atoms with Crippen LogP contribution in [0.15, 0.2) is 18.2 Å². The molecule has 1 fully saturated rings. The van der Waals surface area contributed by atoms with Crippen molar-refractivity contribution >= 4 is 11.9 Å². The Morgan fingerprint density at radius 1 is 1.28 bits per heavy atom. The van der Waals surface area contributed by atoms with Crippen LogP contribution in [0.4, 0.5) is 0 Å². The number of rotatable bonds is 2. The largest absolute Gasteiger partial charge is 0.478 e. The number of carbonyl (C=O) groups is 2. The lowest BCUT2D eigenvalue weighted by atomic mass is 10.1. The quantitative estimate of drug-likeness (QED) is 0.865. The first-order valence-corrected chi connectivity index (χ1v) is 6.20. The van der Waals surface area contributed by atoms with Gasteiger partial charge in [0.1, 0.15) is 0 Å². The number of nitrogens with zero attached hydrogens (tertiary/aromatic N) is 1. The van der Waals surface area contributed by atoms with Gasteiger partial charge in [-0.05, 0) is 35.6 Å². The molecule has 0 spiro atoms. The van der Waals surface area contributed by atoms with Gasteiger partial charge in [-0.2, -0.15) is 0 Å². The molecular weight excluding hydrogens is 230 g/mol. The van der Waals surface area contributed by atoms with Crippen LogP contribution < -0.4 is 0 Å². The summed E-state index contributed by atoms with van der Waals surface area (Å²) in [4.78, 5) is 24.8. The molecule has 18 heavy (non-hydrogen) atoms. The second-order valence-corrected chi connectivity index (χ2v) is 5.30. The standard InChI is InChI=1S/C14H15NO3/c1-8-4-12(8)13(16)15-6-10-3-2-9(14(17)18)5-11(10)7-15/h2-3,5,8,12H,4,6-7H2,1H3,(H,17,18). The fraction of sp³-hybridized carbons (Fsp3) is 0.429. The summed E-state index contributed by atoms with van der Waals surface area (Å²) in [6, 6.07) is 5.11. The Balaban J connectivity index is 1.78. The van der Waals surface area contributed by atoms with E-state index in [1.165, 1.54) is 0 Å². The molecule has 2 unspecified atom stereocenters. The van der Waals surface area contributed by atoms with Crippen LogP contribution in [0.1, 0.15) is 34.8 Å². The number of benzene rings is 1. The van der Waals surface area contributed by atoms with E-state index in [-0.39, 0.29) is 11.8 Å². The molecule has 4 heteroatoms. The highest BCUT2D eigenvalue weighted by Gasteiger charge is 2.42. The Labute approximate surface area is 105 Å². The summed E-state index contributed by atoms with van der Waals surface area (Å²) in [5.74, 6) is 0.00279. The normalized spacial score (nSPS) is 24.8. The third-order valence-electron chi connectivity index (χ3n) is 3.91. The molecule has 1 aromatic rings. The number of fused-ring (bicyclic) bond motifs is 1. The average molecular weight is 245 g/mol. The monoisotopic (exact) mass is 245 g/mol. The molecule has 1 saturated carbocycles. The van der Waals surface area contributed by atoms with Gasteiger partial charge in [-0.3, -0.25) is 4.79 Å². The number of hydrogen-bond donors (Lipinski definition) is 1. The van der Waals surface area contributed by atoms with Gasteiger partial charge in [0.2, 0.25) is 5.91 Å². The molecule has 0 radical (unpaired) electrons. The van der Waals surface area contributed by atoms with Crippen LogP contribution in [0.5, 0.6) is 0 Å². The Morgan fingerprint density at radius 3 is 2.56 bits per heavy atom. The molecule has 0 saturated heterocycles. The summed E-state index contributed by atoms with van der Waals surface area (Å²) >= 11 is 0. The molecule has 1 N–H and O–H groups in total. The first-order valence-electron chi connectivity index (χ1n) is 6.20. The summed E-state index contributed by atoms with van der Waals surface area (Å²) in [6.45, 7) is 3.27. The predicted octanol–water partition coefficient (Wildman–Crippen LogP) is 1.88. The molecule has 2 aliphatic rings. The van der Waals surface area contributed by atoms with E-state index < -0.39 is 5.97 Å². The zero-order chi connectivity index (χ0) is 12.9. The molecule has 0 bridgehead atoms. The van der Waals surface area contributed by atoms with Gasteiger partial charge in [0.05, 0.1) is 5.56 Å². The smallest absolute Gasteiger partial charge is 0.335 e. The van der Waals surface area contributed by atoms with Gasteiger partial charge < -0.3 is 10.0 Å². The maximum absolute atomic E-state index is 12.1. The summed E-state index contributed by atoms with van der Waals surface area (Å²) in [5.41, 5.74) is 2.33. The minimum atomic E-state index is -0.918. The van der Waals surface area contributed by atoms with Crippen LogP contribution in [0.2, 0.25) is 0 Å². The highest BCUT2D eigenvalue weighted by atomic mass is 16.4. The van der Waals surface area contributed by atoms with Gasteiger partial charge in [0.25, 0.3) is 0 Å². The number of carbonyl (C=O) groups excluding carboxylic acids is 1. The Bertz CT molecular complexity index is 538. The highest BCUT2D eigenvalue weighted by Crippen LogP contribution is 2.40. The van der Waals surface area contributed by atoms with Crippen LogP contribution in [-0.4, -0.2) is 21.9 Å². The number of carboxylic acid groups (broad SMARTS) is 1. The lowest BCUT2D eigenvalue weighted by molar-refractivity contribution is -0.133. The molecular formula is C14H15NO3. The second kappa shape index (κ2) is 3.83. The van der Waals surface area contributed by atoms with Gasteiger partial charge in [0.15, 0.2) is 0 Å². The van der Waals surface area contributed by atoms with Gasteiger partial charge in [-0.1, -0.05) is 13.0 Å². The molecule has 4 nitrogen and oxygen atoms in total. The van der Waals surface area contributed by atoms with Gasteiger partial charge in [0, 0.05) is 19.0 Å². The van der Waals surface area contributed by atoms with Crippen LogP contribution in [0.3, 0.4) is 0 Å². The van der Waals surface area contributed by atoms with E-state index in [4.69, 9.17) is 5.11 Å². The van der Waals surface area contributed by atoms with E-state index in [0.29, 0.717) is 24.6 Å².